The maximum Gasteiger partial charge on any atom is 0.0331 e. The van der Waals surface area contributed by atoms with Crippen LogP contribution < -0.4 is 5.73 Å². The van der Waals surface area contributed by atoms with Gasteiger partial charge in [0.05, 0.1) is 0 Å². The Bertz CT molecular complexity index is 228. The molecule has 0 atom stereocenters. The lowest BCUT2D eigenvalue weighted by atomic mass is 9.83. The molecule has 0 aromatic rings. The van der Waals surface area contributed by atoms with Crippen LogP contribution in [0.2, 0.25) is 0 Å². The molecule has 1 aliphatic carbocycles. The summed E-state index contributed by atoms with van der Waals surface area (Å²) in [5, 5.41) is 0. The lowest BCUT2D eigenvalue weighted by Crippen LogP contribution is -2.54. The van der Waals surface area contributed by atoms with Crippen LogP contribution in [0.15, 0.2) is 0 Å². The van der Waals surface area contributed by atoms with Crippen molar-refractivity contribution in [3.8, 4) is 0 Å². The predicted molar refractivity (Wildman–Crippen MR) is 94.7 cm³/mol. The van der Waals surface area contributed by atoms with Crippen molar-refractivity contribution in [3.63, 3.8) is 0 Å². The summed E-state index contributed by atoms with van der Waals surface area (Å²) in [7, 11) is 0. The zero-order valence-electron chi connectivity index (χ0n) is 14.8. The second-order valence-electron chi connectivity index (χ2n) is 7.04. The Morgan fingerprint density at radius 3 is 1.67 bits per heavy atom. The normalized spacial score (nSPS) is 21.7. The van der Waals surface area contributed by atoms with E-state index in [0.29, 0.717) is 5.54 Å². The van der Waals surface area contributed by atoms with Crippen LogP contribution >= 0.6 is 0 Å². The second kappa shape index (κ2) is 11.5. The van der Waals surface area contributed by atoms with Crippen LogP contribution in [0.1, 0.15) is 97.3 Å². The topological polar surface area (TPSA) is 29.3 Å². The quantitative estimate of drug-likeness (QED) is 0.738. The molecule has 21 heavy (non-hydrogen) atoms. The van der Waals surface area contributed by atoms with Crippen molar-refractivity contribution < 1.29 is 0 Å². The average molecular weight is 297 g/mol. The molecular formula is C19H40N2. The van der Waals surface area contributed by atoms with Crippen molar-refractivity contribution in [2.45, 2.75) is 103 Å². The third-order valence-electron chi connectivity index (χ3n) is 5.50. The summed E-state index contributed by atoms with van der Waals surface area (Å²) in [5.74, 6) is 0. The first kappa shape index (κ1) is 19.0. The molecule has 2 nitrogen and oxygen atoms in total. The first-order valence-electron chi connectivity index (χ1n) is 9.74. The Balaban J connectivity index is 2.68. The van der Waals surface area contributed by atoms with Gasteiger partial charge in [-0.25, -0.2) is 0 Å². The van der Waals surface area contributed by atoms with E-state index >= 15 is 0 Å². The molecule has 0 aliphatic heterocycles. The molecule has 1 aliphatic rings. The highest BCUT2D eigenvalue weighted by atomic mass is 15.2. The van der Waals surface area contributed by atoms with Crippen LogP contribution in [0.5, 0.6) is 0 Å². The molecule has 1 fully saturated rings. The molecule has 0 unspecified atom stereocenters. The number of rotatable bonds is 6. The molecule has 0 aromatic heterocycles. The van der Waals surface area contributed by atoms with E-state index in [9.17, 15) is 0 Å². The monoisotopic (exact) mass is 296 g/mol. The Kier molecular flexibility index (Phi) is 10.4. The smallest absolute Gasteiger partial charge is 0.0331 e. The summed E-state index contributed by atoms with van der Waals surface area (Å²) < 4.78 is 0. The molecule has 2 N–H and O–H groups in total. The van der Waals surface area contributed by atoms with Crippen LogP contribution in [-0.2, 0) is 0 Å². The van der Waals surface area contributed by atoms with E-state index in [1.54, 1.807) is 0 Å². The van der Waals surface area contributed by atoms with Crippen LogP contribution in [0.4, 0.5) is 0 Å². The van der Waals surface area contributed by atoms with E-state index < -0.39 is 0 Å². The Hall–Kier alpha value is -0.0800. The van der Waals surface area contributed by atoms with Crippen LogP contribution in [0, 0.1) is 0 Å². The maximum absolute atomic E-state index is 6.33. The Morgan fingerprint density at radius 1 is 0.810 bits per heavy atom. The van der Waals surface area contributed by atoms with Crippen LogP contribution in [-0.4, -0.2) is 30.1 Å². The maximum atomic E-state index is 6.33. The van der Waals surface area contributed by atoms with E-state index in [1.165, 1.54) is 90.0 Å². The number of nitrogens with zero attached hydrogens (tertiary/aromatic N) is 1. The minimum absolute atomic E-state index is 0.295. The first-order valence-corrected chi connectivity index (χ1v) is 9.74. The second-order valence-corrected chi connectivity index (χ2v) is 7.04. The Morgan fingerprint density at radius 2 is 1.29 bits per heavy atom. The molecule has 0 heterocycles. The zero-order valence-corrected chi connectivity index (χ0v) is 14.8. The summed E-state index contributed by atoms with van der Waals surface area (Å²) in [4.78, 5) is 2.72. The summed E-state index contributed by atoms with van der Waals surface area (Å²) in [6.45, 7) is 7.87. The van der Waals surface area contributed by atoms with Crippen LogP contribution in [0.3, 0.4) is 0 Å². The van der Waals surface area contributed by atoms with Crippen molar-refractivity contribution in [2.75, 3.05) is 19.6 Å². The largest absolute Gasteiger partial charge is 0.329 e. The van der Waals surface area contributed by atoms with E-state index in [2.05, 4.69) is 18.7 Å². The fourth-order valence-electron chi connectivity index (χ4n) is 4.00. The van der Waals surface area contributed by atoms with Crippen molar-refractivity contribution >= 4 is 0 Å². The van der Waals surface area contributed by atoms with Crippen molar-refractivity contribution in [2.24, 2.45) is 5.73 Å². The van der Waals surface area contributed by atoms with E-state index in [1.807, 2.05) is 0 Å². The molecule has 0 saturated heterocycles. The van der Waals surface area contributed by atoms with Gasteiger partial charge in [0.15, 0.2) is 0 Å². The van der Waals surface area contributed by atoms with Gasteiger partial charge in [-0.2, -0.15) is 0 Å². The zero-order chi connectivity index (χ0) is 15.4. The molecule has 126 valence electrons. The molecule has 1 saturated carbocycles. The highest BCUT2D eigenvalue weighted by molar-refractivity contribution is 4.91. The first-order chi connectivity index (χ1) is 10.3. The molecule has 0 radical (unpaired) electrons. The summed E-state index contributed by atoms with van der Waals surface area (Å²) in [6, 6.07) is 0. The van der Waals surface area contributed by atoms with Crippen molar-refractivity contribution in [1.82, 2.24) is 4.90 Å². The van der Waals surface area contributed by atoms with Gasteiger partial charge in [-0.3, -0.25) is 4.90 Å². The lowest BCUT2D eigenvalue weighted by Gasteiger charge is -2.44. The molecule has 1 rings (SSSR count). The number of hydrogen-bond donors (Lipinski definition) is 1. The predicted octanol–water partition coefficient (Wildman–Crippen LogP) is 5.11. The highest BCUT2D eigenvalue weighted by Crippen LogP contribution is 2.30. The standard InChI is InChI=1S/C19H40N2/c1-3-5-17-21(4-2)19(18-20)15-13-11-9-7-6-8-10-12-14-16-19/h3-18,20H2,1-2H3. The van der Waals surface area contributed by atoms with Crippen molar-refractivity contribution in [3.05, 3.63) is 0 Å². The molecule has 0 amide bonds. The molecule has 0 spiro atoms. The third-order valence-corrected chi connectivity index (χ3v) is 5.50. The summed E-state index contributed by atoms with van der Waals surface area (Å²) >= 11 is 0. The van der Waals surface area contributed by atoms with Gasteiger partial charge in [0.1, 0.15) is 0 Å². The van der Waals surface area contributed by atoms with E-state index in [0.717, 1.165) is 13.1 Å². The van der Waals surface area contributed by atoms with Gasteiger partial charge in [-0.05, 0) is 32.4 Å². The minimum atomic E-state index is 0.295. The lowest BCUT2D eigenvalue weighted by molar-refractivity contribution is 0.0739. The average Bonchev–Trinajstić information content (AvgIpc) is 2.50. The highest BCUT2D eigenvalue weighted by Gasteiger charge is 2.33. The van der Waals surface area contributed by atoms with E-state index in [4.69, 9.17) is 5.73 Å². The minimum Gasteiger partial charge on any atom is -0.329 e. The molecular weight excluding hydrogens is 256 g/mol. The van der Waals surface area contributed by atoms with Gasteiger partial charge in [0.25, 0.3) is 0 Å². The SMILES string of the molecule is CCCCN(CC)C1(CN)CCCCCCCCCCC1. The van der Waals surface area contributed by atoms with Gasteiger partial charge in [0, 0.05) is 12.1 Å². The summed E-state index contributed by atoms with van der Waals surface area (Å²) in [5.41, 5.74) is 6.62. The van der Waals surface area contributed by atoms with E-state index in [-0.39, 0.29) is 0 Å². The van der Waals surface area contributed by atoms with Gasteiger partial charge < -0.3 is 5.73 Å². The molecule has 2 heteroatoms. The molecule has 0 bridgehead atoms. The van der Waals surface area contributed by atoms with Gasteiger partial charge in [-0.1, -0.05) is 78.1 Å². The Labute approximate surface area is 133 Å². The van der Waals surface area contributed by atoms with Gasteiger partial charge >= 0.3 is 0 Å². The number of likely N-dealkylation sites (N-methyl/N-ethyl adjacent to an activating group) is 1. The fourth-order valence-corrected chi connectivity index (χ4v) is 4.00. The van der Waals surface area contributed by atoms with Crippen LogP contribution in [0.25, 0.3) is 0 Å². The van der Waals surface area contributed by atoms with Gasteiger partial charge in [0.2, 0.25) is 0 Å². The summed E-state index contributed by atoms with van der Waals surface area (Å²) in [6.07, 6.45) is 18.0. The molecule has 0 aromatic carbocycles. The number of unbranched alkanes of at least 4 members (excludes halogenated alkanes) is 1. The fraction of sp³-hybridized carbons (Fsp3) is 1.00. The number of nitrogens with two attached hydrogens (primary N) is 1. The number of hydrogen-bond acceptors (Lipinski definition) is 2. The van der Waals surface area contributed by atoms with Crippen molar-refractivity contribution in [1.29, 1.82) is 0 Å². The third kappa shape index (κ3) is 6.69. The van der Waals surface area contributed by atoms with Gasteiger partial charge in [-0.15, -0.1) is 0 Å².